The van der Waals surface area contributed by atoms with Gasteiger partial charge in [0.05, 0.1) is 0 Å². The quantitative estimate of drug-likeness (QED) is 0.690. The summed E-state index contributed by atoms with van der Waals surface area (Å²) >= 11 is 0. The molecule has 0 unspecified atom stereocenters. The Morgan fingerprint density at radius 2 is 2.15 bits per heavy atom. The van der Waals surface area contributed by atoms with Gasteiger partial charge in [-0.3, -0.25) is 0 Å². The monoisotopic (exact) mass is 175 g/mol. The molecule has 1 N–H and O–H groups in total. The van der Waals surface area contributed by atoms with Crippen LogP contribution in [0.2, 0.25) is 0 Å². The largest absolute Gasteiger partial charge is 0.369 e. The fourth-order valence-corrected chi connectivity index (χ4v) is 1.77. The first-order valence-electron chi connectivity index (χ1n) is 4.80. The Balaban J connectivity index is 2.18. The summed E-state index contributed by atoms with van der Waals surface area (Å²) in [5.74, 6) is 0. The van der Waals surface area contributed by atoms with Crippen LogP contribution < -0.4 is 10.2 Å². The van der Waals surface area contributed by atoms with Crippen molar-refractivity contribution in [3.05, 3.63) is 29.8 Å². The van der Waals surface area contributed by atoms with Crippen LogP contribution in [0.1, 0.15) is 5.56 Å². The van der Waals surface area contributed by atoms with Gasteiger partial charge in [-0.1, -0.05) is 6.07 Å². The Bertz CT molecular complexity index is 277. The van der Waals surface area contributed by atoms with Crippen molar-refractivity contribution >= 4 is 5.69 Å². The number of rotatable bonds is 1. The van der Waals surface area contributed by atoms with E-state index in [1.54, 1.807) is 0 Å². The number of nitrogens with one attached hydrogen (secondary N) is 1. The minimum atomic E-state index is 1.10. The van der Waals surface area contributed by atoms with Crippen molar-refractivity contribution in [1.29, 1.82) is 0 Å². The summed E-state index contributed by atoms with van der Waals surface area (Å²) in [5.41, 5.74) is 2.68. The fraction of sp³-hybridized carbons (Fsp3) is 0.455. The van der Waals surface area contributed by atoms with Crippen molar-refractivity contribution in [3.63, 3.8) is 0 Å². The minimum absolute atomic E-state index is 1.10. The summed E-state index contributed by atoms with van der Waals surface area (Å²) in [6.07, 6.45) is 0. The van der Waals surface area contributed by atoms with Crippen molar-refractivity contribution in [3.8, 4) is 0 Å². The van der Waals surface area contributed by atoms with Crippen LogP contribution >= 0.6 is 0 Å². The van der Waals surface area contributed by atoms with Gasteiger partial charge < -0.3 is 10.2 Å². The van der Waals surface area contributed by atoms with Gasteiger partial charge >= 0.3 is 0 Å². The summed E-state index contributed by atoms with van der Waals surface area (Å²) in [5, 5.41) is 3.35. The average molecular weight is 175 g/mol. The molecule has 2 heteroatoms. The third-order valence-corrected chi connectivity index (χ3v) is 2.50. The second-order valence-corrected chi connectivity index (χ2v) is 3.45. The van der Waals surface area contributed by atoms with E-state index in [9.17, 15) is 0 Å². The number of nitrogens with zero attached hydrogens (tertiary/aromatic N) is 1. The van der Waals surface area contributed by atoms with Crippen LogP contribution in [0.25, 0.3) is 0 Å². The van der Waals surface area contributed by atoms with Gasteiger partial charge in [-0.2, -0.15) is 0 Å². The molecule has 1 heterocycles. The summed E-state index contributed by atoms with van der Waals surface area (Å²) in [6, 6.07) is 9.29. The Morgan fingerprint density at radius 3 is 2.85 bits per heavy atom. The molecule has 13 heavy (non-hydrogen) atoms. The maximum Gasteiger partial charge on any atom is 0.0397 e. The molecule has 0 spiro atoms. The van der Waals surface area contributed by atoms with E-state index in [0.29, 0.717) is 0 Å². The lowest BCUT2D eigenvalue weighted by atomic mass is 10.1. The molecule has 1 fully saturated rings. The van der Waals surface area contributed by atoms with Crippen LogP contribution in [0.4, 0.5) is 5.69 Å². The molecule has 1 saturated heterocycles. The molecule has 1 radical (unpaired) electrons. The molecule has 2 nitrogen and oxygen atoms in total. The molecule has 0 atom stereocenters. The summed E-state index contributed by atoms with van der Waals surface area (Å²) in [4.78, 5) is 2.43. The third kappa shape index (κ3) is 1.83. The SMILES string of the molecule is Cc1c[c]ccc1N1CCNCC1. The molecule has 0 amide bonds. The zero-order chi connectivity index (χ0) is 9.10. The maximum absolute atomic E-state index is 3.35. The lowest BCUT2D eigenvalue weighted by Crippen LogP contribution is -2.43. The lowest BCUT2D eigenvalue weighted by molar-refractivity contribution is 0.588. The zero-order valence-corrected chi connectivity index (χ0v) is 8.01. The highest BCUT2D eigenvalue weighted by atomic mass is 15.2. The number of hydrogen-bond acceptors (Lipinski definition) is 2. The minimum Gasteiger partial charge on any atom is -0.369 e. The molecule has 1 aliphatic heterocycles. The van der Waals surface area contributed by atoms with Crippen LogP contribution in [-0.2, 0) is 0 Å². The normalized spacial score (nSPS) is 17.5. The van der Waals surface area contributed by atoms with Crippen molar-refractivity contribution in [2.75, 3.05) is 31.1 Å². The van der Waals surface area contributed by atoms with Crippen molar-refractivity contribution < 1.29 is 0 Å². The Hall–Kier alpha value is -1.02. The van der Waals surface area contributed by atoms with Crippen LogP contribution in [0.5, 0.6) is 0 Å². The van der Waals surface area contributed by atoms with E-state index in [-0.39, 0.29) is 0 Å². The van der Waals surface area contributed by atoms with E-state index in [2.05, 4.69) is 35.3 Å². The highest BCUT2D eigenvalue weighted by molar-refractivity contribution is 5.52. The van der Waals surface area contributed by atoms with E-state index < -0.39 is 0 Å². The second-order valence-electron chi connectivity index (χ2n) is 3.45. The van der Waals surface area contributed by atoms with Gasteiger partial charge in [0, 0.05) is 31.9 Å². The summed E-state index contributed by atoms with van der Waals surface area (Å²) < 4.78 is 0. The van der Waals surface area contributed by atoms with Gasteiger partial charge in [-0.15, -0.1) is 0 Å². The highest BCUT2D eigenvalue weighted by Gasteiger charge is 2.11. The van der Waals surface area contributed by atoms with Crippen molar-refractivity contribution in [2.24, 2.45) is 0 Å². The van der Waals surface area contributed by atoms with Crippen LogP contribution in [0.15, 0.2) is 18.2 Å². The highest BCUT2D eigenvalue weighted by Crippen LogP contribution is 2.18. The molecule has 0 aromatic heterocycles. The lowest BCUT2D eigenvalue weighted by Gasteiger charge is -2.30. The van der Waals surface area contributed by atoms with Gasteiger partial charge in [0.1, 0.15) is 0 Å². The van der Waals surface area contributed by atoms with E-state index in [1.165, 1.54) is 11.3 Å². The molecule has 69 valence electrons. The van der Waals surface area contributed by atoms with Gasteiger partial charge in [-0.25, -0.2) is 0 Å². The first-order valence-corrected chi connectivity index (χ1v) is 4.80. The van der Waals surface area contributed by atoms with Crippen molar-refractivity contribution in [1.82, 2.24) is 5.32 Å². The number of benzene rings is 1. The predicted octanol–water partition coefficient (Wildman–Crippen LogP) is 1.20. The zero-order valence-electron chi connectivity index (χ0n) is 8.01. The van der Waals surface area contributed by atoms with E-state index in [1.807, 2.05) is 6.07 Å². The number of piperazine rings is 1. The molecule has 1 aromatic rings. The number of anilines is 1. The smallest absolute Gasteiger partial charge is 0.0397 e. The molecular formula is C11H15N2. The predicted molar refractivity (Wildman–Crippen MR) is 55.1 cm³/mol. The fourth-order valence-electron chi connectivity index (χ4n) is 1.77. The van der Waals surface area contributed by atoms with Gasteiger partial charge in [0.2, 0.25) is 0 Å². The summed E-state index contributed by atoms with van der Waals surface area (Å²) in [6.45, 7) is 6.57. The second kappa shape index (κ2) is 3.79. The van der Waals surface area contributed by atoms with Crippen LogP contribution in [0, 0.1) is 13.0 Å². The number of hydrogen-bond donors (Lipinski definition) is 1. The van der Waals surface area contributed by atoms with Crippen molar-refractivity contribution in [2.45, 2.75) is 6.92 Å². The third-order valence-electron chi connectivity index (χ3n) is 2.50. The maximum atomic E-state index is 3.35. The first-order chi connectivity index (χ1) is 6.38. The molecule has 1 aromatic carbocycles. The Labute approximate surface area is 79.6 Å². The summed E-state index contributed by atoms with van der Waals surface area (Å²) in [7, 11) is 0. The van der Waals surface area contributed by atoms with Gasteiger partial charge in [0.15, 0.2) is 0 Å². The molecule has 1 aliphatic rings. The van der Waals surface area contributed by atoms with E-state index >= 15 is 0 Å². The van der Waals surface area contributed by atoms with Gasteiger partial charge in [0.25, 0.3) is 0 Å². The van der Waals surface area contributed by atoms with E-state index in [0.717, 1.165) is 26.2 Å². The van der Waals surface area contributed by atoms with Crippen LogP contribution in [0.3, 0.4) is 0 Å². The standard InChI is InChI=1S/C11H15N2/c1-10-4-2-3-5-11(10)13-8-6-12-7-9-13/h3-5,12H,6-9H2,1H3. The topological polar surface area (TPSA) is 15.3 Å². The molecule has 2 rings (SSSR count). The van der Waals surface area contributed by atoms with E-state index in [4.69, 9.17) is 0 Å². The molecular weight excluding hydrogens is 160 g/mol. The first kappa shape index (κ1) is 8.57. The Morgan fingerprint density at radius 1 is 1.38 bits per heavy atom. The Kier molecular flexibility index (Phi) is 2.50. The molecule has 0 saturated carbocycles. The average Bonchev–Trinajstić information content (AvgIpc) is 2.20. The van der Waals surface area contributed by atoms with Gasteiger partial charge in [-0.05, 0) is 30.7 Å². The molecule has 0 aliphatic carbocycles. The number of aryl methyl sites for hydroxylation is 1. The van der Waals surface area contributed by atoms with Crippen LogP contribution in [-0.4, -0.2) is 26.2 Å². The molecule has 0 bridgehead atoms.